The third kappa shape index (κ3) is 5.37. The van der Waals surface area contributed by atoms with E-state index in [9.17, 15) is 4.79 Å². The van der Waals surface area contributed by atoms with E-state index in [1.165, 1.54) is 0 Å². The maximum Gasteiger partial charge on any atom is 0.408 e. The van der Waals surface area contributed by atoms with Gasteiger partial charge in [-0.2, -0.15) is 0 Å². The Morgan fingerprint density at radius 3 is 2.60 bits per heavy atom. The highest BCUT2D eigenvalue weighted by atomic mass is 16.5. The van der Waals surface area contributed by atoms with Crippen molar-refractivity contribution in [1.29, 1.82) is 0 Å². The fourth-order valence-corrected chi connectivity index (χ4v) is 0.405. The molecule has 0 spiro atoms. The van der Waals surface area contributed by atoms with Gasteiger partial charge in [0.2, 0.25) is 0 Å². The summed E-state index contributed by atoms with van der Waals surface area (Å²) in [6.07, 6.45) is -0.365. The molecule has 0 aromatic rings. The van der Waals surface area contributed by atoms with E-state index >= 15 is 0 Å². The van der Waals surface area contributed by atoms with Crippen molar-refractivity contribution in [2.75, 3.05) is 27.4 Å². The van der Waals surface area contributed by atoms with Gasteiger partial charge in [-0.05, 0) is 21.0 Å². The molecule has 0 bridgehead atoms. The summed E-state index contributed by atoms with van der Waals surface area (Å²) < 4.78 is 4.62. The summed E-state index contributed by atoms with van der Waals surface area (Å²) in [6.45, 7) is 2.70. The van der Waals surface area contributed by atoms with Gasteiger partial charge in [-0.3, -0.25) is 4.90 Å². The molecular weight excluding hydrogens is 132 g/mol. The minimum atomic E-state index is -0.365. The normalized spacial score (nSPS) is 9.60. The van der Waals surface area contributed by atoms with E-state index in [-0.39, 0.29) is 6.09 Å². The van der Waals surface area contributed by atoms with Gasteiger partial charge in [0.25, 0.3) is 0 Å². The summed E-state index contributed by atoms with van der Waals surface area (Å²) in [5.41, 5.74) is 0. The van der Waals surface area contributed by atoms with Crippen LogP contribution in [0.15, 0.2) is 0 Å². The number of rotatable bonds is 3. The molecule has 0 atom stereocenters. The number of alkyl carbamates (subject to hydrolysis) is 1. The average molecular weight is 146 g/mol. The summed E-state index contributed by atoms with van der Waals surface area (Å²) in [4.78, 5) is 12.4. The maximum absolute atomic E-state index is 10.6. The molecule has 0 fully saturated rings. The van der Waals surface area contributed by atoms with Gasteiger partial charge in [-0.15, -0.1) is 0 Å². The first-order valence-electron chi connectivity index (χ1n) is 3.22. The molecule has 0 aliphatic rings. The van der Waals surface area contributed by atoms with Gasteiger partial charge in [-0.1, -0.05) is 0 Å². The third-order valence-corrected chi connectivity index (χ3v) is 0.815. The van der Waals surface area contributed by atoms with Crippen LogP contribution in [0.4, 0.5) is 4.79 Å². The van der Waals surface area contributed by atoms with Crippen LogP contribution in [0, 0.1) is 0 Å². The second kappa shape index (κ2) is 5.05. The lowest BCUT2D eigenvalue weighted by atomic mass is 10.8. The van der Waals surface area contributed by atoms with Crippen molar-refractivity contribution < 1.29 is 9.53 Å². The van der Waals surface area contributed by atoms with E-state index in [1.807, 2.05) is 19.0 Å². The summed E-state index contributed by atoms with van der Waals surface area (Å²) in [7, 11) is 3.73. The number of carbonyl (C=O) groups excluding carboxylic acids is 1. The summed E-state index contributed by atoms with van der Waals surface area (Å²) >= 11 is 0. The molecule has 0 unspecified atom stereocenters. The molecule has 0 aliphatic carbocycles. The smallest absolute Gasteiger partial charge is 0.408 e. The Labute approximate surface area is 61.1 Å². The molecule has 0 radical (unpaired) electrons. The first-order valence-corrected chi connectivity index (χ1v) is 3.22. The largest absolute Gasteiger partial charge is 0.450 e. The van der Waals surface area contributed by atoms with E-state index in [0.29, 0.717) is 13.3 Å². The molecule has 60 valence electrons. The molecule has 0 aromatic heterocycles. The number of carbonyl (C=O) groups is 1. The van der Waals surface area contributed by atoms with Crippen molar-refractivity contribution >= 4 is 6.09 Å². The van der Waals surface area contributed by atoms with Crippen LogP contribution >= 0.6 is 0 Å². The Morgan fingerprint density at radius 1 is 1.60 bits per heavy atom. The molecule has 10 heavy (non-hydrogen) atoms. The highest BCUT2D eigenvalue weighted by Crippen LogP contribution is 1.75. The first-order chi connectivity index (χ1) is 4.66. The Balaban J connectivity index is 3.22. The molecule has 4 nitrogen and oxygen atoms in total. The highest BCUT2D eigenvalue weighted by molar-refractivity contribution is 5.66. The van der Waals surface area contributed by atoms with Crippen molar-refractivity contribution in [2.24, 2.45) is 0 Å². The number of hydrogen-bond donors (Lipinski definition) is 1. The lowest BCUT2D eigenvalue weighted by Crippen LogP contribution is -2.33. The van der Waals surface area contributed by atoms with Crippen LogP contribution in [-0.4, -0.2) is 38.4 Å². The lowest BCUT2D eigenvalue weighted by molar-refractivity contribution is 0.147. The van der Waals surface area contributed by atoms with Crippen LogP contribution in [-0.2, 0) is 4.74 Å². The van der Waals surface area contributed by atoms with Crippen LogP contribution in [0.25, 0.3) is 0 Å². The van der Waals surface area contributed by atoms with Gasteiger partial charge >= 0.3 is 6.09 Å². The van der Waals surface area contributed by atoms with Crippen molar-refractivity contribution in [3.63, 3.8) is 0 Å². The average Bonchev–Trinajstić information content (AvgIpc) is 1.85. The Kier molecular flexibility index (Phi) is 4.66. The van der Waals surface area contributed by atoms with Crippen molar-refractivity contribution in [1.82, 2.24) is 10.2 Å². The molecule has 0 heterocycles. The Hall–Kier alpha value is -0.770. The SMILES string of the molecule is CCOC(=O)NCN(C)C. The van der Waals surface area contributed by atoms with Gasteiger partial charge in [0.05, 0.1) is 13.3 Å². The molecule has 0 aromatic carbocycles. The highest BCUT2D eigenvalue weighted by Gasteiger charge is 1.97. The fourth-order valence-electron chi connectivity index (χ4n) is 0.405. The number of nitrogens with zero attached hydrogens (tertiary/aromatic N) is 1. The van der Waals surface area contributed by atoms with Gasteiger partial charge < -0.3 is 10.1 Å². The van der Waals surface area contributed by atoms with Gasteiger partial charge in [0.1, 0.15) is 0 Å². The van der Waals surface area contributed by atoms with E-state index in [2.05, 4.69) is 10.1 Å². The molecule has 1 amide bonds. The maximum atomic E-state index is 10.6. The number of ether oxygens (including phenoxy) is 1. The van der Waals surface area contributed by atoms with Crippen molar-refractivity contribution in [3.05, 3.63) is 0 Å². The van der Waals surface area contributed by atoms with Crippen molar-refractivity contribution in [3.8, 4) is 0 Å². The molecule has 0 aliphatic heterocycles. The molecule has 1 N–H and O–H groups in total. The second-order valence-corrected chi connectivity index (χ2v) is 2.14. The number of nitrogens with one attached hydrogen (secondary N) is 1. The Morgan fingerprint density at radius 2 is 2.20 bits per heavy atom. The topological polar surface area (TPSA) is 41.6 Å². The van der Waals surface area contributed by atoms with Crippen LogP contribution in [0.3, 0.4) is 0 Å². The summed E-state index contributed by atoms with van der Waals surface area (Å²) in [5.74, 6) is 0. The minimum Gasteiger partial charge on any atom is -0.450 e. The quantitative estimate of drug-likeness (QED) is 0.580. The van der Waals surface area contributed by atoms with Gasteiger partial charge in [0.15, 0.2) is 0 Å². The first kappa shape index (κ1) is 9.23. The zero-order valence-electron chi connectivity index (χ0n) is 6.68. The zero-order chi connectivity index (χ0) is 7.98. The van der Waals surface area contributed by atoms with Crippen molar-refractivity contribution in [2.45, 2.75) is 6.92 Å². The number of amides is 1. The molecular formula is C6H14N2O2. The predicted molar refractivity (Wildman–Crippen MR) is 38.7 cm³/mol. The monoisotopic (exact) mass is 146 g/mol. The number of hydrogen-bond acceptors (Lipinski definition) is 3. The predicted octanol–water partition coefficient (Wildman–Crippen LogP) is 0.252. The van der Waals surface area contributed by atoms with Gasteiger partial charge in [-0.25, -0.2) is 4.79 Å². The fraction of sp³-hybridized carbons (Fsp3) is 0.833. The van der Waals surface area contributed by atoms with Crippen LogP contribution in [0.2, 0.25) is 0 Å². The summed E-state index contributed by atoms with van der Waals surface area (Å²) in [6, 6.07) is 0. The van der Waals surface area contributed by atoms with Crippen LogP contribution < -0.4 is 5.32 Å². The van der Waals surface area contributed by atoms with Crippen LogP contribution in [0.1, 0.15) is 6.92 Å². The van der Waals surface area contributed by atoms with E-state index < -0.39 is 0 Å². The minimum absolute atomic E-state index is 0.365. The van der Waals surface area contributed by atoms with E-state index in [4.69, 9.17) is 0 Å². The van der Waals surface area contributed by atoms with Gasteiger partial charge in [0, 0.05) is 0 Å². The lowest BCUT2D eigenvalue weighted by Gasteiger charge is -2.10. The van der Waals surface area contributed by atoms with E-state index in [1.54, 1.807) is 6.92 Å². The van der Waals surface area contributed by atoms with Crippen LogP contribution in [0.5, 0.6) is 0 Å². The van der Waals surface area contributed by atoms with E-state index in [0.717, 1.165) is 0 Å². The molecule has 0 saturated carbocycles. The summed E-state index contributed by atoms with van der Waals surface area (Å²) in [5, 5.41) is 2.55. The molecule has 4 heteroatoms. The second-order valence-electron chi connectivity index (χ2n) is 2.14. The standard InChI is InChI=1S/C6H14N2O2/c1-4-10-6(9)7-5-8(2)3/h4-5H2,1-3H3,(H,7,9). The third-order valence-electron chi connectivity index (χ3n) is 0.815. The Bertz CT molecular complexity index is 104. The zero-order valence-corrected chi connectivity index (χ0v) is 6.68. The molecule has 0 rings (SSSR count). The molecule has 0 saturated heterocycles.